The van der Waals surface area contributed by atoms with Crippen molar-refractivity contribution in [3.8, 4) is 5.75 Å². The van der Waals surface area contributed by atoms with Crippen molar-refractivity contribution in [1.29, 1.82) is 0 Å². The summed E-state index contributed by atoms with van der Waals surface area (Å²) in [5.41, 5.74) is 0.239. The molecule has 2 N–H and O–H groups in total. The van der Waals surface area contributed by atoms with E-state index >= 15 is 0 Å². The van der Waals surface area contributed by atoms with Crippen LogP contribution in [0.3, 0.4) is 0 Å². The number of ether oxygens (including phenoxy) is 1. The fourth-order valence-electron chi connectivity index (χ4n) is 2.07. The number of nitro groups is 1. The highest BCUT2D eigenvalue weighted by Crippen LogP contribution is 2.29. The Bertz CT molecular complexity index is 512. The van der Waals surface area contributed by atoms with E-state index in [0.29, 0.717) is 18.7 Å². The molecule has 7 heteroatoms. The first kappa shape index (κ1) is 14.3. The molecule has 7 nitrogen and oxygen atoms in total. The van der Waals surface area contributed by atoms with Crippen LogP contribution in [0.25, 0.3) is 0 Å². The van der Waals surface area contributed by atoms with Crippen LogP contribution in [0.4, 0.5) is 5.69 Å². The van der Waals surface area contributed by atoms with E-state index in [1.54, 1.807) is 0 Å². The highest BCUT2D eigenvalue weighted by atomic mass is 16.6. The van der Waals surface area contributed by atoms with E-state index in [0.717, 1.165) is 13.0 Å². The first-order chi connectivity index (χ1) is 9.61. The monoisotopic (exact) mass is 279 g/mol. The molecule has 1 amide bonds. The Hall–Kier alpha value is -2.15. The van der Waals surface area contributed by atoms with Gasteiger partial charge in [-0.1, -0.05) is 0 Å². The number of rotatable bonds is 5. The second kappa shape index (κ2) is 6.33. The molecule has 20 heavy (non-hydrogen) atoms. The number of carbonyl (C=O) groups excluding carboxylic acids is 1. The molecular weight excluding hydrogens is 262 g/mol. The number of benzene rings is 1. The van der Waals surface area contributed by atoms with Crippen LogP contribution in [0.1, 0.15) is 23.7 Å². The molecule has 1 unspecified atom stereocenters. The van der Waals surface area contributed by atoms with Crippen molar-refractivity contribution in [3.05, 3.63) is 33.9 Å². The Labute approximate surface area is 116 Å². The number of hydrogen-bond donors (Lipinski definition) is 2. The van der Waals surface area contributed by atoms with Crippen LogP contribution in [-0.2, 0) is 0 Å². The second-order valence-electron chi connectivity index (χ2n) is 4.53. The van der Waals surface area contributed by atoms with Crippen molar-refractivity contribution >= 4 is 11.6 Å². The lowest BCUT2D eigenvalue weighted by atomic mass is 10.1. The topological polar surface area (TPSA) is 93.5 Å². The van der Waals surface area contributed by atoms with Crippen LogP contribution >= 0.6 is 0 Å². The summed E-state index contributed by atoms with van der Waals surface area (Å²) >= 11 is 0. The maximum Gasteiger partial charge on any atom is 0.310 e. The molecule has 0 spiro atoms. The Morgan fingerprint density at radius 3 is 3.00 bits per heavy atom. The summed E-state index contributed by atoms with van der Waals surface area (Å²) in [6.45, 7) is 3.79. The van der Waals surface area contributed by atoms with Gasteiger partial charge >= 0.3 is 5.69 Å². The fraction of sp³-hybridized carbons (Fsp3) is 0.462. The summed E-state index contributed by atoms with van der Waals surface area (Å²) in [4.78, 5) is 22.3. The van der Waals surface area contributed by atoms with Gasteiger partial charge in [-0.2, -0.15) is 0 Å². The van der Waals surface area contributed by atoms with Crippen molar-refractivity contribution < 1.29 is 14.5 Å². The minimum atomic E-state index is -0.501. The van der Waals surface area contributed by atoms with E-state index < -0.39 is 4.92 Å². The fourth-order valence-corrected chi connectivity index (χ4v) is 2.07. The minimum absolute atomic E-state index is 0.0989. The third-order valence-electron chi connectivity index (χ3n) is 3.06. The molecule has 0 radical (unpaired) electrons. The summed E-state index contributed by atoms with van der Waals surface area (Å²) in [5, 5.41) is 16.8. The van der Waals surface area contributed by atoms with Gasteiger partial charge in [0.05, 0.1) is 4.92 Å². The quantitative estimate of drug-likeness (QED) is 0.621. The third kappa shape index (κ3) is 3.24. The molecule has 1 atom stereocenters. The van der Waals surface area contributed by atoms with Crippen molar-refractivity contribution in [1.82, 2.24) is 10.6 Å². The average molecular weight is 279 g/mol. The molecule has 1 aliphatic rings. The van der Waals surface area contributed by atoms with Gasteiger partial charge in [0, 0.05) is 30.8 Å². The van der Waals surface area contributed by atoms with Crippen LogP contribution in [0, 0.1) is 10.1 Å². The van der Waals surface area contributed by atoms with Crippen molar-refractivity contribution in [3.63, 3.8) is 0 Å². The number of nitro benzene ring substituents is 1. The normalized spacial score (nSPS) is 17.8. The van der Waals surface area contributed by atoms with Crippen LogP contribution < -0.4 is 15.4 Å². The number of amides is 1. The molecular formula is C13H17N3O4. The van der Waals surface area contributed by atoms with E-state index in [4.69, 9.17) is 4.74 Å². The van der Waals surface area contributed by atoms with Crippen LogP contribution in [0.5, 0.6) is 5.75 Å². The zero-order chi connectivity index (χ0) is 14.5. The van der Waals surface area contributed by atoms with Crippen LogP contribution in [0.2, 0.25) is 0 Å². The van der Waals surface area contributed by atoms with E-state index in [1.807, 2.05) is 6.92 Å². The highest BCUT2D eigenvalue weighted by Gasteiger charge is 2.23. The third-order valence-corrected chi connectivity index (χ3v) is 3.06. The Morgan fingerprint density at radius 2 is 2.40 bits per heavy atom. The maximum absolute atomic E-state index is 11.8. The Morgan fingerprint density at radius 1 is 1.60 bits per heavy atom. The predicted molar refractivity (Wildman–Crippen MR) is 73.0 cm³/mol. The first-order valence-electron chi connectivity index (χ1n) is 6.56. The average Bonchev–Trinajstić information content (AvgIpc) is 2.91. The molecule has 1 aromatic rings. The van der Waals surface area contributed by atoms with Gasteiger partial charge in [-0.3, -0.25) is 14.9 Å². The van der Waals surface area contributed by atoms with Gasteiger partial charge in [-0.25, -0.2) is 0 Å². The van der Waals surface area contributed by atoms with Gasteiger partial charge in [-0.15, -0.1) is 0 Å². The molecule has 1 saturated heterocycles. The summed E-state index contributed by atoms with van der Waals surface area (Å²) in [7, 11) is 0. The lowest BCUT2D eigenvalue weighted by Gasteiger charge is -2.13. The molecule has 108 valence electrons. The molecule has 1 aliphatic heterocycles. The SMILES string of the molecule is CCNC(=O)c1ccc([N+](=O)[O-])c(OC2CCNC2)c1. The summed E-state index contributed by atoms with van der Waals surface area (Å²) in [6.07, 6.45) is 0.695. The van der Waals surface area contributed by atoms with Gasteiger partial charge in [0.1, 0.15) is 6.10 Å². The molecule has 0 bridgehead atoms. The smallest absolute Gasteiger partial charge is 0.310 e. The second-order valence-corrected chi connectivity index (χ2v) is 4.53. The van der Waals surface area contributed by atoms with E-state index in [-0.39, 0.29) is 23.4 Å². The van der Waals surface area contributed by atoms with Crippen LogP contribution in [0.15, 0.2) is 18.2 Å². The predicted octanol–water partition coefficient (Wildman–Crippen LogP) is 1.09. The Kier molecular flexibility index (Phi) is 4.52. The molecule has 0 aliphatic carbocycles. The zero-order valence-corrected chi connectivity index (χ0v) is 11.2. The largest absolute Gasteiger partial charge is 0.482 e. The highest BCUT2D eigenvalue weighted by molar-refractivity contribution is 5.95. The van der Waals surface area contributed by atoms with Gasteiger partial charge in [0.15, 0.2) is 5.75 Å². The molecule has 0 aromatic heterocycles. The van der Waals surface area contributed by atoms with E-state index in [1.165, 1.54) is 18.2 Å². The molecule has 1 fully saturated rings. The summed E-state index contributed by atoms with van der Waals surface area (Å²) < 4.78 is 5.65. The Balaban J connectivity index is 2.26. The van der Waals surface area contributed by atoms with Crippen LogP contribution in [-0.4, -0.2) is 36.6 Å². The minimum Gasteiger partial charge on any atom is -0.482 e. The molecule has 1 heterocycles. The summed E-state index contributed by atoms with van der Waals surface area (Å²) in [6, 6.07) is 4.17. The van der Waals surface area contributed by atoms with Gasteiger partial charge in [-0.05, 0) is 26.0 Å². The molecule has 0 saturated carbocycles. The van der Waals surface area contributed by atoms with Crippen molar-refractivity contribution in [2.45, 2.75) is 19.4 Å². The number of nitrogens with one attached hydrogen (secondary N) is 2. The van der Waals surface area contributed by atoms with Gasteiger partial charge < -0.3 is 15.4 Å². The standard InChI is InChI=1S/C13H17N3O4/c1-2-15-13(17)9-3-4-11(16(18)19)12(7-9)20-10-5-6-14-8-10/h3-4,7,10,14H,2,5-6,8H2,1H3,(H,15,17). The molecule has 1 aromatic carbocycles. The number of hydrogen-bond acceptors (Lipinski definition) is 5. The first-order valence-corrected chi connectivity index (χ1v) is 6.56. The zero-order valence-electron chi connectivity index (χ0n) is 11.2. The van der Waals surface area contributed by atoms with Crippen molar-refractivity contribution in [2.24, 2.45) is 0 Å². The van der Waals surface area contributed by atoms with E-state index in [2.05, 4.69) is 10.6 Å². The number of nitrogens with zero attached hydrogens (tertiary/aromatic N) is 1. The van der Waals surface area contributed by atoms with E-state index in [9.17, 15) is 14.9 Å². The lowest BCUT2D eigenvalue weighted by Crippen LogP contribution is -2.23. The van der Waals surface area contributed by atoms with Gasteiger partial charge in [0.25, 0.3) is 5.91 Å². The lowest BCUT2D eigenvalue weighted by molar-refractivity contribution is -0.386. The number of carbonyl (C=O) groups is 1. The van der Waals surface area contributed by atoms with Crippen molar-refractivity contribution in [2.75, 3.05) is 19.6 Å². The molecule has 2 rings (SSSR count). The summed E-state index contributed by atoms with van der Waals surface area (Å²) in [5.74, 6) is -0.121. The van der Waals surface area contributed by atoms with Gasteiger partial charge in [0.2, 0.25) is 0 Å². The maximum atomic E-state index is 11.8.